The van der Waals surface area contributed by atoms with E-state index in [2.05, 4.69) is 5.32 Å². The van der Waals surface area contributed by atoms with Crippen LogP contribution in [0.2, 0.25) is 0 Å². The smallest absolute Gasteiger partial charge is 0.328 e. The number of carbonyl (C=O) groups excluding carboxylic acids is 3. The van der Waals surface area contributed by atoms with Gasteiger partial charge in [-0.25, -0.2) is 4.79 Å². The Morgan fingerprint density at radius 1 is 1.35 bits per heavy atom. The number of hydrogen-bond donors (Lipinski definition) is 2. The molecule has 0 aliphatic heterocycles. The second kappa shape index (κ2) is 8.55. The van der Waals surface area contributed by atoms with E-state index in [0.717, 1.165) is 12.8 Å². The third kappa shape index (κ3) is 8.24. The van der Waals surface area contributed by atoms with Crippen LogP contribution in [0.5, 0.6) is 0 Å². The molecule has 0 spiro atoms. The summed E-state index contributed by atoms with van der Waals surface area (Å²) in [4.78, 5) is 33.1. The molecule has 0 rings (SSSR count). The molecule has 17 heavy (non-hydrogen) atoms. The lowest BCUT2D eigenvalue weighted by molar-refractivity contribution is -0.148. The summed E-state index contributed by atoms with van der Waals surface area (Å²) in [6.45, 7) is 3.60. The molecule has 0 heterocycles. The zero-order valence-electron chi connectivity index (χ0n) is 10.3. The number of amides is 2. The fraction of sp³-hybridized carbons (Fsp3) is 0.727. The van der Waals surface area contributed by atoms with Crippen molar-refractivity contribution in [1.82, 2.24) is 5.32 Å². The number of nitrogens with one attached hydrogen (secondary N) is 1. The van der Waals surface area contributed by atoms with Crippen LogP contribution >= 0.6 is 0 Å². The molecule has 0 saturated carbocycles. The van der Waals surface area contributed by atoms with Gasteiger partial charge in [0, 0.05) is 13.3 Å². The first-order valence-corrected chi connectivity index (χ1v) is 5.69. The van der Waals surface area contributed by atoms with Crippen LogP contribution in [0, 0.1) is 0 Å². The molecule has 6 heteroatoms. The maximum Gasteiger partial charge on any atom is 0.328 e. The van der Waals surface area contributed by atoms with Gasteiger partial charge in [-0.3, -0.25) is 9.59 Å². The molecule has 1 atom stereocenters. The first kappa shape index (κ1) is 15.4. The standard InChI is InChI=1S/C11H20N2O4/c1-3-4-7-17-11(16)9(13-8(2)14)5-6-10(12)15/h9H,3-7H2,1-2H3,(H2,12,15)(H,13,14). The molecular formula is C11H20N2O4. The molecule has 0 saturated heterocycles. The Morgan fingerprint density at radius 2 is 2.00 bits per heavy atom. The Bertz CT molecular complexity index is 279. The summed E-state index contributed by atoms with van der Waals surface area (Å²) < 4.78 is 4.97. The van der Waals surface area contributed by atoms with Gasteiger partial charge in [0.05, 0.1) is 6.61 Å². The quantitative estimate of drug-likeness (QED) is 0.467. The zero-order valence-corrected chi connectivity index (χ0v) is 10.3. The van der Waals surface area contributed by atoms with E-state index in [0.29, 0.717) is 6.61 Å². The first-order chi connectivity index (χ1) is 7.97. The summed E-state index contributed by atoms with van der Waals surface area (Å²) >= 11 is 0. The van der Waals surface area contributed by atoms with Gasteiger partial charge in [-0.15, -0.1) is 0 Å². The Labute approximate surface area is 101 Å². The van der Waals surface area contributed by atoms with Crippen LogP contribution in [0.4, 0.5) is 0 Å². The number of unbranched alkanes of at least 4 members (excludes halogenated alkanes) is 1. The number of nitrogens with two attached hydrogens (primary N) is 1. The predicted octanol–water partition coefficient (Wildman–Crippen LogP) is 0.0999. The van der Waals surface area contributed by atoms with Crippen LogP contribution in [-0.4, -0.2) is 30.4 Å². The molecule has 0 aliphatic rings. The monoisotopic (exact) mass is 244 g/mol. The van der Waals surface area contributed by atoms with Crippen molar-refractivity contribution in [2.24, 2.45) is 5.73 Å². The van der Waals surface area contributed by atoms with Crippen molar-refractivity contribution in [1.29, 1.82) is 0 Å². The van der Waals surface area contributed by atoms with Gasteiger partial charge < -0.3 is 15.8 Å². The van der Waals surface area contributed by atoms with Crippen molar-refractivity contribution in [2.75, 3.05) is 6.61 Å². The molecule has 3 N–H and O–H groups in total. The van der Waals surface area contributed by atoms with Gasteiger partial charge in [-0.2, -0.15) is 0 Å². The van der Waals surface area contributed by atoms with Crippen LogP contribution in [0.25, 0.3) is 0 Å². The zero-order chi connectivity index (χ0) is 13.3. The maximum absolute atomic E-state index is 11.6. The molecule has 0 aromatic carbocycles. The number of primary amides is 1. The fourth-order valence-corrected chi connectivity index (χ4v) is 1.20. The van der Waals surface area contributed by atoms with Gasteiger partial charge in [0.2, 0.25) is 11.8 Å². The molecule has 0 radical (unpaired) electrons. The van der Waals surface area contributed by atoms with Gasteiger partial charge in [0.25, 0.3) is 0 Å². The second-order valence-corrected chi connectivity index (χ2v) is 3.78. The van der Waals surface area contributed by atoms with Gasteiger partial charge in [-0.05, 0) is 12.8 Å². The topological polar surface area (TPSA) is 98.5 Å². The summed E-state index contributed by atoms with van der Waals surface area (Å²) in [6, 6.07) is -0.795. The van der Waals surface area contributed by atoms with Gasteiger partial charge >= 0.3 is 5.97 Å². The highest BCUT2D eigenvalue weighted by Crippen LogP contribution is 2.01. The summed E-state index contributed by atoms with van der Waals surface area (Å²) in [5.41, 5.74) is 4.99. The molecule has 98 valence electrons. The van der Waals surface area contributed by atoms with E-state index >= 15 is 0 Å². The molecule has 0 aromatic rings. The minimum Gasteiger partial charge on any atom is -0.464 e. The lowest BCUT2D eigenvalue weighted by Crippen LogP contribution is -2.41. The molecule has 1 unspecified atom stereocenters. The van der Waals surface area contributed by atoms with Crippen LogP contribution < -0.4 is 11.1 Å². The van der Waals surface area contributed by atoms with E-state index < -0.39 is 17.9 Å². The largest absolute Gasteiger partial charge is 0.464 e. The Balaban J connectivity index is 4.19. The summed E-state index contributed by atoms with van der Waals surface area (Å²) in [7, 11) is 0. The second-order valence-electron chi connectivity index (χ2n) is 3.78. The average Bonchev–Trinajstić information content (AvgIpc) is 2.23. The van der Waals surface area contributed by atoms with E-state index in [1.165, 1.54) is 6.92 Å². The van der Waals surface area contributed by atoms with E-state index in [1.807, 2.05) is 6.92 Å². The molecule has 0 aromatic heterocycles. The molecule has 6 nitrogen and oxygen atoms in total. The van der Waals surface area contributed by atoms with Crippen molar-refractivity contribution < 1.29 is 19.1 Å². The predicted molar refractivity (Wildman–Crippen MR) is 61.9 cm³/mol. The van der Waals surface area contributed by atoms with Crippen molar-refractivity contribution in [2.45, 2.75) is 45.6 Å². The van der Waals surface area contributed by atoms with Gasteiger partial charge in [0.15, 0.2) is 0 Å². The highest BCUT2D eigenvalue weighted by Gasteiger charge is 2.21. The van der Waals surface area contributed by atoms with Crippen molar-refractivity contribution >= 4 is 17.8 Å². The summed E-state index contributed by atoms with van der Waals surface area (Å²) in [6.07, 6.45) is 1.89. The van der Waals surface area contributed by atoms with Gasteiger partial charge in [-0.1, -0.05) is 13.3 Å². The van der Waals surface area contributed by atoms with E-state index in [1.54, 1.807) is 0 Å². The molecule has 0 fully saturated rings. The minimum atomic E-state index is -0.795. The Hall–Kier alpha value is -1.59. The van der Waals surface area contributed by atoms with Crippen molar-refractivity contribution in [3.8, 4) is 0 Å². The van der Waals surface area contributed by atoms with Gasteiger partial charge in [0.1, 0.15) is 6.04 Å². The van der Waals surface area contributed by atoms with Crippen LogP contribution in [0.1, 0.15) is 39.5 Å². The van der Waals surface area contributed by atoms with E-state index in [-0.39, 0.29) is 18.7 Å². The average molecular weight is 244 g/mol. The third-order valence-corrected chi connectivity index (χ3v) is 2.08. The van der Waals surface area contributed by atoms with Crippen LogP contribution in [0.3, 0.4) is 0 Å². The highest BCUT2D eigenvalue weighted by atomic mass is 16.5. The maximum atomic E-state index is 11.6. The lowest BCUT2D eigenvalue weighted by atomic mass is 10.1. The first-order valence-electron chi connectivity index (χ1n) is 5.69. The summed E-state index contributed by atoms with van der Waals surface area (Å²) in [5.74, 6) is -1.37. The number of esters is 1. The normalized spacial score (nSPS) is 11.6. The Morgan fingerprint density at radius 3 is 2.47 bits per heavy atom. The number of rotatable bonds is 8. The number of hydrogen-bond acceptors (Lipinski definition) is 4. The van der Waals surface area contributed by atoms with Crippen LogP contribution in [-0.2, 0) is 19.1 Å². The molecular weight excluding hydrogens is 224 g/mol. The SMILES string of the molecule is CCCCOC(=O)C(CCC(N)=O)NC(C)=O. The lowest BCUT2D eigenvalue weighted by Gasteiger charge is -2.15. The fourth-order valence-electron chi connectivity index (χ4n) is 1.20. The van der Waals surface area contributed by atoms with Crippen molar-refractivity contribution in [3.63, 3.8) is 0 Å². The summed E-state index contributed by atoms with van der Waals surface area (Å²) in [5, 5.41) is 2.44. The Kier molecular flexibility index (Phi) is 7.75. The van der Waals surface area contributed by atoms with Crippen molar-refractivity contribution in [3.05, 3.63) is 0 Å². The highest BCUT2D eigenvalue weighted by molar-refractivity contribution is 5.84. The number of carbonyl (C=O) groups is 3. The van der Waals surface area contributed by atoms with Crippen LogP contribution in [0.15, 0.2) is 0 Å². The van der Waals surface area contributed by atoms with E-state index in [9.17, 15) is 14.4 Å². The van der Waals surface area contributed by atoms with E-state index in [4.69, 9.17) is 10.5 Å². The molecule has 0 aliphatic carbocycles. The third-order valence-electron chi connectivity index (χ3n) is 2.08. The number of ether oxygens (including phenoxy) is 1. The molecule has 0 bridgehead atoms. The molecule has 2 amide bonds. The minimum absolute atomic E-state index is 0.0355.